The van der Waals surface area contributed by atoms with Crippen LogP contribution in [0.3, 0.4) is 0 Å². The van der Waals surface area contributed by atoms with Crippen LogP contribution in [0, 0.1) is 0 Å². The Kier molecular flexibility index (Phi) is 6.55. The Balaban J connectivity index is 2.83. The zero-order valence-electron chi connectivity index (χ0n) is 6.89. The molecule has 60 valence electrons. The summed E-state index contributed by atoms with van der Waals surface area (Å²) >= 11 is 0. The van der Waals surface area contributed by atoms with Crippen LogP contribution >= 0.6 is 0 Å². The van der Waals surface area contributed by atoms with Crippen molar-refractivity contribution in [2.24, 2.45) is 0 Å². The molecule has 0 aromatic rings. The predicted molar refractivity (Wildman–Crippen MR) is 43.9 cm³/mol. The lowest BCUT2D eigenvalue weighted by atomic mass is 10.4. The highest BCUT2D eigenvalue weighted by atomic mass is 16.5. The van der Waals surface area contributed by atoms with E-state index in [2.05, 4.69) is 25.7 Å². The first kappa shape index (κ1) is 9.66. The first-order valence-electron chi connectivity index (χ1n) is 3.69. The van der Waals surface area contributed by atoms with Gasteiger partial charge in [-0.15, -0.1) is 6.58 Å². The molecule has 0 aliphatic heterocycles. The van der Waals surface area contributed by atoms with Gasteiger partial charge in [0.05, 0.1) is 13.3 Å². The zero-order chi connectivity index (χ0) is 7.82. The molecular weight excluding hydrogens is 126 g/mol. The van der Waals surface area contributed by atoms with Crippen molar-refractivity contribution < 1.29 is 4.74 Å². The molecular formula is C8H17NO. The van der Waals surface area contributed by atoms with Crippen molar-refractivity contribution in [3.05, 3.63) is 12.7 Å². The summed E-state index contributed by atoms with van der Waals surface area (Å²) in [5, 5.41) is 3.15. The van der Waals surface area contributed by atoms with Crippen LogP contribution in [-0.4, -0.2) is 19.4 Å². The van der Waals surface area contributed by atoms with E-state index in [1.54, 1.807) is 0 Å². The fraction of sp³-hybridized carbons (Fsp3) is 0.750. The second-order valence-electron chi connectivity index (χ2n) is 2.49. The molecule has 0 atom stereocenters. The number of rotatable bonds is 6. The molecule has 2 heteroatoms. The molecule has 0 spiro atoms. The maximum atomic E-state index is 5.20. The molecule has 0 aliphatic carbocycles. The van der Waals surface area contributed by atoms with Crippen molar-refractivity contribution in [3.8, 4) is 0 Å². The van der Waals surface area contributed by atoms with Gasteiger partial charge in [0.25, 0.3) is 0 Å². The van der Waals surface area contributed by atoms with Gasteiger partial charge < -0.3 is 4.74 Å². The third-order valence-electron chi connectivity index (χ3n) is 1.06. The standard InChI is InChI=1S/C8H17NO/c1-4-5-6-10-7-9-8(2)3/h4,8-9H,1,5-7H2,2-3H3. The molecule has 10 heavy (non-hydrogen) atoms. The second-order valence-corrected chi connectivity index (χ2v) is 2.49. The molecule has 0 aromatic carbocycles. The fourth-order valence-electron chi connectivity index (χ4n) is 0.464. The molecule has 0 saturated carbocycles. The Labute approximate surface area is 63.3 Å². The van der Waals surface area contributed by atoms with Crippen LogP contribution in [-0.2, 0) is 4.74 Å². The summed E-state index contributed by atoms with van der Waals surface area (Å²) < 4.78 is 5.20. The molecule has 0 aromatic heterocycles. The lowest BCUT2D eigenvalue weighted by molar-refractivity contribution is 0.115. The molecule has 2 nitrogen and oxygen atoms in total. The van der Waals surface area contributed by atoms with Crippen molar-refractivity contribution in [1.29, 1.82) is 0 Å². The number of hydrogen-bond donors (Lipinski definition) is 1. The van der Waals surface area contributed by atoms with Crippen molar-refractivity contribution in [2.45, 2.75) is 26.3 Å². The van der Waals surface area contributed by atoms with E-state index in [-0.39, 0.29) is 0 Å². The van der Waals surface area contributed by atoms with Crippen LogP contribution in [0.1, 0.15) is 20.3 Å². The normalized spacial score (nSPS) is 10.3. The van der Waals surface area contributed by atoms with Crippen LogP contribution in [0.4, 0.5) is 0 Å². The first-order chi connectivity index (χ1) is 4.77. The molecule has 0 fully saturated rings. The average Bonchev–Trinajstić information content (AvgIpc) is 1.87. The van der Waals surface area contributed by atoms with E-state index in [0.717, 1.165) is 13.0 Å². The summed E-state index contributed by atoms with van der Waals surface area (Å²) in [5.41, 5.74) is 0. The van der Waals surface area contributed by atoms with E-state index in [0.29, 0.717) is 12.8 Å². The third-order valence-corrected chi connectivity index (χ3v) is 1.06. The van der Waals surface area contributed by atoms with Gasteiger partial charge in [0.1, 0.15) is 0 Å². The third kappa shape index (κ3) is 7.66. The van der Waals surface area contributed by atoms with Crippen LogP contribution < -0.4 is 5.32 Å². The van der Waals surface area contributed by atoms with Gasteiger partial charge in [-0.1, -0.05) is 6.08 Å². The summed E-state index contributed by atoms with van der Waals surface area (Å²) in [4.78, 5) is 0. The quantitative estimate of drug-likeness (QED) is 0.346. The van der Waals surface area contributed by atoms with Crippen LogP contribution in [0.25, 0.3) is 0 Å². The minimum absolute atomic E-state index is 0.503. The highest BCUT2D eigenvalue weighted by molar-refractivity contribution is 4.64. The first-order valence-corrected chi connectivity index (χ1v) is 3.69. The number of nitrogens with one attached hydrogen (secondary N) is 1. The van der Waals surface area contributed by atoms with E-state index >= 15 is 0 Å². The van der Waals surface area contributed by atoms with E-state index in [1.165, 1.54) is 0 Å². The summed E-state index contributed by atoms with van der Waals surface area (Å²) in [6.45, 7) is 9.19. The number of hydrogen-bond acceptors (Lipinski definition) is 2. The zero-order valence-corrected chi connectivity index (χ0v) is 6.89. The van der Waals surface area contributed by atoms with Gasteiger partial charge in [0, 0.05) is 6.04 Å². The molecule has 1 N–H and O–H groups in total. The van der Waals surface area contributed by atoms with Crippen molar-refractivity contribution in [3.63, 3.8) is 0 Å². The minimum atomic E-state index is 0.503. The molecule has 0 unspecified atom stereocenters. The van der Waals surface area contributed by atoms with Crippen molar-refractivity contribution in [1.82, 2.24) is 5.32 Å². The van der Waals surface area contributed by atoms with Gasteiger partial charge in [-0.05, 0) is 20.3 Å². The smallest absolute Gasteiger partial charge is 0.0967 e. The molecule has 0 rings (SSSR count). The van der Waals surface area contributed by atoms with Crippen molar-refractivity contribution in [2.75, 3.05) is 13.3 Å². The van der Waals surface area contributed by atoms with Crippen molar-refractivity contribution >= 4 is 0 Å². The molecule has 0 bridgehead atoms. The van der Waals surface area contributed by atoms with Crippen LogP contribution in [0.15, 0.2) is 12.7 Å². The maximum Gasteiger partial charge on any atom is 0.0967 e. The van der Waals surface area contributed by atoms with Gasteiger partial charge in [-0.2, -0.15) is 0 Å². The Bertz CT molecular complexity index is 81.3. The highest BCUT2D eigenvalue weighted by Gasteiger charge is 1.89. The summed E-state index contributed by atoms with van der Waals surface area (Å²) in [6.07, 6.45) is 2.79. The van der Waals surface area contributed by atoms with E-state index < -0.39 is 0 Å². The maximum absolute atomic E-state index is 5.20. The van der Waals surface area contributed by atoms with Gasteiger partial charge in [0.15, 0.2) is 0 Å². The molecule has 0 saturated heterocycles. The van der Waals surface area contributed by atoms with Crippen LogP contribution in [0.5, 0.6) is 0 Å². The van der Waals surface area contributed by atoms with Gasteiger partial charge in [-0.25, -0.2) is 0 Å². The summed E-state index contributed by atoms with van der Waals surface area (Å²) in [5.74, 6) is 0. The lowest BCUT2D eigenvalue weighted by Crippen LogP contribution is -2.25. The number of ether oxygens (including phenoxy) is 1. The van der Waals surface area contributed by atoms with E-state index in [4.69, 9.17) is 4.74 Å². The Morgan fingerprint density at radius 2 is 2.30 bits per heavy atom. The van der Waals surface area contributed by atoms with Crippen LogP contribution in [0.2, 0.25) is 0 Å². The summed E-state index contributed by atoms with van der Waals surface area (Å²) in [7, 11) is 0. The predicted octanol–water partition coefficient (Wildman–Crippen LogP) is 1.53. The lowest BCUT2D eigenvalue weighted by Gasteiger charge is -2.07. The molecule has 0 aliphatic rings. The fourth-order valence-corrected chi connectivity index (χ4v) is 0.464. The molecule has 0 heterocycles. The van der Waals surface area contributed by atoms with Gasteiger partial charge >= 0.3 is 0 Å². The largest absolute Gasteiger partial charge is 0.366 e. The van der Waals surface area contributed by atoms with E-state index in [9.17, 15) is 0 Å². The Morgan fingerprint density at radius 3 is 2.80 bits per heavy atom. The molecule has 0 radical (unpaired) electrons. The van der Waals surface area contributed by atoms with Gasteiger partial charge in [-0.3, -0.25) is 5.32 Å². The van der Waals surface area contributed by atoms with E-state index in [1.807, 2.05) is 6.08 Å². The molecule has 0 amide bonds. The monoisotopic (exact) mass is 143 g/mol. The summed E-state index contributed by atoms with van der Waals surface area (Å²) in [6, 6.07) is 0.503. The highest BCUT2D eigenvalue weighted by Crippen LogP contribution is 1.82. The Hall–Kier alpha value is -0.340. The SMILES string of the molecule is C=CCCOCNC(C)C. The Morgan fingerprint density at radius 1 is 1.60 bits per heavy atom. The second kappa shape index (κ2) is 6.78. The average molecular weight is 143 g/mol. The topological polar surface area (TPSA) is 21.3 Å². The minimum Gasteiger partial charge on any atom is -0.366 e. The van der Waals surface area contributed by atoms with Gasteiger partial charge in [0.2, 0.25) is 0 Å².